The Bertz CT molecular complexity index is 286. The maximum atomic E-state index is 6.17. The van der Waals surface area contributed by atoms with Crippen LogP contribution < -0.4 is 5.32 Å². The zero-order chi connectivity index (χ0) is 9.26. The summed E-state index contributed by atoms with van der Waals surface area (Å²) in [6.07, 6.45) is 2.47. The highest BCUT2D eigenvalue weighted by atomic mass is 35.5. The van der Waals surface area contributed by atoms with Crippen molar-refractivity contribution in [2.45, 2.75) is 25.8 Å². The third-order valence-corrected chi connectivity index (χ3v) is 3.01. The minimum absolute atomic E-state index is 0. The minimum Gasteiger partial charge on any atom is -0.310 e. The number of nitrogens with one attached hydrogen (secondary N) is 1. The highest BCUT2D eigenvalue weighted by Crippen LogP contribution is 2.31. The summed E-state index contributed by atoms with van der Waals surface area (Å²) in [7, 11) is 0. The van der Waals surface area contributed by atoms with E-state index in [1.165, 1.54) is 24.0 Å². The molecule has 78 valence electrons. The molecule has 14 heavy (non-hydrogen) atoms. The van der Waals surface area contributed by atoms with Gasteiger partial charge in [-0.05, 0) is 43.5 Å². The molecule has 0 bridgehead atoms. The summed E-state index contributed by atoms with van der Waals surface area (Å²) in [6, 6.07) is 6.59. The van der Waals surface area contributed by atoms with Gasteiger partial charge in [-0.2, -0.15) is 0 Å². The monoisotopic (exact) mass is 231 g/mol. The number of rotatable bonds is 1. The first-order valence-corrected chi connectivity index (χ1v) is 5.15. The van der Waals surface area contributed by atoms with E-state index in [-0.39, 0.29) is 12.4 Å². The Morgan fingerprint density at radius 2 is 2.21 bits per heavy atom. The predicted octanol–water partition coefficient (Wildman–Crippen LogP) is 3.49. The second kappa shape index (κ2) is 5.01. The van der Waals surface area contributed by atoms with Gasteiger partial charge < -0.3 is 5.32 Å². The number of aryl methyl sites for hydroxylation is 1. The molecule has 1 fully saturated rings. The van der Waals surface area contributed by atoms with Crippen LogP contribution in [0.1, 0.15) is 30.0 Å². The molecule has 0 amide bonds. The maximum Gasteiger partial charge on any atom is 0.0456 e. The van der Waals surface area contributed by atoms with Crippen LogP contribution in [-0.2, 0) is 0 Å². The van der Waals surface area contributed by atoms with E-state index in [1.807, 2.05) is 12.1 Å². The molecule has 0 spiro atoms. The predicted molar refractivity (Wildman–Crippen MR) is 63.4 cm³/mol. The van der Waals surface area contributed by atoms with Crippen molar-refractivity contribution in [2.24, 2.45) is 0 Å². The van der Waals surface area contributed by atoms with E-state index in [0.717, 1.165) is 11.6 Å². The Morgan fingerprint density at radius 3 is 2.79 bits per heavy atom. The Balaban J connectivity index is 0.000000980. The van der Waals surface area contributed by atoms with Crippen molar-refractivity contribution in [3.05, 3.63) is 34.3 Å². The van der Waals surface area contributed by atoms with Gasteiger partial charge in [-0.15, -0.1) is 12.4 Å². The Kier molecular flexibility index (Phi) is 4.24. The smallest absolute Gasteiger partial charge is 0.0456 e. The summed E-state index contributed by atoms with van der Waals surface area (Å²) in [5.74, 6) is 0. The van der Waals surface area contributed by atoms with Gasteiger partial charge in [0.1, 0.15) is 0 Å². The van der Waals surface area contributed by atoms with Crippen LogP contribution in [0.25, 0.3) is 0 Å². The Hall–Kier alpha value is -0.240. The molecule has 0 radical (unpaired) electrons. The molecule has 0 aromatic heterocycles. The van der Waals surface area contributed by atoms with E-state index in [2.05, 4.69) is 18.3 Å². The van der Waals surface area contributed by atoms with Crippen LogP contribution in [0.15, 0.2) is 18.2 Å². The molecule has 0 unspecified atom stereocenters. The second-order valence-electron chi connectivity index (χ2n) is 3.62. The van der Waals surface area contributed by atoms with E-state index in [1.54, 1.807) is 0 Å². The molecule has 1 aromatic rings. The van der Waals surface area contributed by atoms with Gasteiger partial charge >= 0.3 is 0 Å². The van der Waals surface area contributed by atoms with Crippen LogP contribution in [0.5, 0.6) is 0 Å². The van der Waals surface area contributed by atoms with Crippen molar-refractivity contribution in [1.82, 2.24) is 5.32 Å². The molecule has 0 aliphatic carbocycles. The molecule has 1 saturated heterocycles. The van der Waals surface area contributed by atoms with Crippen molar-refractivity contribution in [3.8, 4) is 0 Å². The summed E-state index contributed by atoms with van der Waals surface area (Å²) in [4.78, 5) is 0. The molecule has 0 saturated carbocycles. The van der Waals surface area contributed by atoms with Crippen LogP contribution in [0.3, 0.4) is 0 Å². The lowest BCUT2D eigenvalue weighted by molar-refractivity contribution is 0.644. The summed E-state index contributed by atoms with van der Waals surface area (Å²) in [6.45, 7) is 3.25. The molecule has 1 heterocycles. The second-order valence-corrected chi connectivity index (χ2v) is 4.03. The summed E-state index contributed by atoms with van der Waals surface area (Å²) in [5.41, 5.74) is 2.59. The topological polar surface area (TPSA) is 12.0 Å². The zero-order valence-electron chi connectivity index (χ0n) is 8.22. The summed E-state index contributed by atoms with van der Waals surface area (Å²) in [5, 5.41) is 4.37. The molecule has 1 atom stereocenters. The summed E-state index contributed by atoms with van der Waals surface area (Å²) >= 11 is 6.17. The molecule has 1 aliphatic rings. The highest BCUT2D eigenvalue weighted by molar-refractivity contribution is 6.31. The largest absolute Gasteiger partial charge is 0.310 e. The summed E-state index contributed by atoms with van der Waals surface area (Å²) < 4.78 is 0. The van der Waals surface area contributed by atoms with Gasteiger partial charge in [0.05, 0.1) is 0 Å². The number of benzene rings is 1. The fraction of sp³-hybridized carbons (Fsp3) is 0.455. The molecule has 1 aromatic carbocycles. The number of hydrogen-bond acceptors (Lipinski definition) is 1. The first-order chi connectivity index (χ1) is 6.29. The number of halogens is 2. The standard InChI is InChI=1S/C11H14ClN.ClH/c1-8-4-2-5-9(12)11(8)10-6-3-7-13-10;/h2,4-5,10,13H,3,6-7H2,1H3;1H/t10-;/m0./s1. The van der Waals surface area contributed by atoms with E-state index in [0.29, 0.717) is 6.04 Å². The van der Waals surface area contributed by atoms with E-state index < -0.39 is 0 Å². The van der Waals surface area contributed by atoms with E-state index >= 15 is 0 Å². The lowest BCUT2D eigenvalue weighted by Crippen LogP contribution is -2.14. The van der Waals surface area contributed by atoms with Gasteiger partial charge in [-0.25, -0.2) is 0 Å². The average molecular weight is 232 g/mol. The third-order valence-electron chi connectivity index (χ3n) is 2.68. The lowest BCUT2D eigenvalue weighted by Gasteiger charge is -2.15. The van der Waals surface area contributed by atoms with Gasteiger partial charge in [0.15, 0.2) is 0 Å². The quantitative estimate of drug-likeness (QED) is 0.781. The molecule has 1 aliphatic heterocycles. The molecule has 3 heteroatoms. The van der Waals surface area contributed by atoms with E-state index in [4.69, 9.17) is 11.6 Å². The van der Waals surface area contributed by atoms with Crippen molar-refractivity contribution >= 4 is 24.0 Å². The van der Waals surface area contributed by atoms with Crippen molar-refractivity contribution < 1.29 is 0 Å². The van der Waals surface area contributed by atoms with E-state index in [9.17, 15) is 0 Å². The average Bonchev–Trinajstić information content (AvgIpc) is 2.57. The zero-order valence-corrected chi connectivity index (χ0v) is 9.79. The minimum atomic E-state index is 0. The molecule has 1 N–H and O–H groups in total. The van der Waals surface area contributed by atoms with Gasteiger partial charge in [-0.1, -0.05) is 23.7 Å². The molecule has 2 rings (SSSR count). The number of hydrogen-bond donors (Lipinski definition) is 1. The van der Waals surface area contributed by atoms with Gasteiger partial charge in [0, 0.05) is 11.1 Å². The molecular weight excluding hydrogens is 217 g/mol. The maximum absolute atomic E-state index is 6.17. The fourth-order valence-electron chi connectivity index (χ4n) is 2.02. The molecule has 1 nitrogen and oxygen atoms in total. The van der Waals surface area contributed by atoms with Crippen molar-refractivity contribution in [1.29, 1.82) is 0 Å². The highest BCUT2D eigenvalue weighted by Gasteiger charge is 2.19. The Morgan fingerprint density at radius 1 is 1.43 bits per heavy atom. The van der Waals surface area contributed by atoms with Crippen LogP contribution in [0.2, 0.25) is 5.02 Å². The van der Waals surface area contributed by atoms with Gasteiger partial charge in [0.25, 0.3) is 0 Å². The third kappa shape index (κ3) is 2.22. The SMILES string of the molecule is Cc1cccc(Cl)c1[C@@H]1CCCN1.Cl. The molecular formula is C11H15Cl2N. The van der Waals surface area contributed by atoms with Gasteiger partial charge in [0.2, 0.25) is 0 Å². The van der Waals surface area contributed by atoms with Crippen LogP contribution in [0, 0.1) is 6.92 Å². The fourth-order valence-corrected chi connectivity index (χ4v) is 2.37. The van der Waals surface area contributed by atoms with Crippen molar-refractivity contribution in [2.75, 3.05) is 6.54 Å². The first-order valence-electron chi connectivity index (χ1n) is 4.77. The first kappa shape index (κ1) is 11.8. The lowest BCUT2D eigenvalue weighted by atomic mass is 10.0. The van der Waals surface area contributed by atoms with Crippen LogP contribution in [0.4, 0.5) is 0 Å². The van der Waals surface area contributed by atoms with Gasteiger partial charge in [-0.3, -0.25) is 0 Å². The Labute approximate surface area is 96.3 Å². The van der Waals surface area contributed by atoms with Crippen molar-refractivity contribution in [3.63, 3.8) is 0 Å². The normalized spacial score (nSPS) is 20.6. The van der Waals surface area contributed by atoms with Crippen LogP contribution >= 0.6 is 24.0 Å². The van der Waals surface area contributed by atoms with Crippen LogP contribution in [-0.4, -0.2) is 6.54 Å².